The number of imide groups is 1. The van der Waals surface area contributed by atoms with Gasteiger partial charge in [-0.2, -0.15) is 0 Å². The van der Waals surface area contributed by atoms with Crippen molar-refractivity contribution < 1.29 is 14.4 Å². The lowest BCUT2D eigenvalue weighted by Gasteiger charge is -2.33. The van der Waals surface area contributed by atoms with E-state index >= 15 is 0 Å². The summed E-state index contributed by atoms with van der Waals surface area (Å²) in [6, 6.07) is 12.6. The molecule has 0 spiro atoms. The lowest BCUT2D eigenvalue weighted by atomic mass is 10.0. The first-order valence-electron chi connectivity index (χ1n) is 11.1. The third-order valence-corrected chi connectivity index (χ3v) is 6.26. The molecular formula is C25H29N3O3. The average molecular weight is 420 g/mol. The fourth-order valence-electron chi connectivity index (χ4n) is 4.46. The van der Waals surface area contributed by atoms with Crippen LogP contribution in [-0.4, -0.2) is 48.3 Å². The van der Waals surface area contributed by atoms with Crippen LogP contribution in [0.5, 0.6) is 0 Å². The summed E-state index contributed by atoms with van der Waals surface area (Å²) in [5.41, 5.74) is 2.53. The molecule has 2 aliphatic heterocycles. The summed E-state index contributed by atoms with van der Waals surface area (Å²) in [6.07, 6.45) is 4.68. The van der Waals surface area contributed by atoms with Gasteiger partial charge in [0.1, 0.15) is 0 Å². The monoisotopic (exact) mass is 419 g/mol. The van der Waals surface area contributed by atoms with Crippen LogP contribution in [0.25, 0.3) is 0 Å². The van der Waals surface area contributed by atoms with E-state index in [9.17, 15) is 14.4 Å². The predicted molar refractivity (Wildman–Crippen MR) is 121 cm³/mol. The molecule has 0 radical (unpaired) electrons. The number of nitrogens with zero attached hydrogens (tertiary/aromatic N) is 2. The number of rotatable bonds is 6. The molecule has 162 valence electrons. The summed E-state index contributed by atoms with van der Waals surface area (Å²) < 4.78 is 0. The fourth-order valence-corrected chi connectivity index (χ4v) is 4.46. The summed E-state index contributed by atoms with van der Waals surface area (Å²) >= 11 is 0. The molecule has 3 amide bonds. The van der Waals surface area contributed by atoms with Gasteiger partial charge in [-0.05, 0) is 75.5 Å². The molecule has 1 unspecified atom stereocenters. The molecule has 6 heteroatoms. The molecule has 6 nitrogen and oxygen atoms in total. The molecule has 2 aromatic carbocycles. The number of carbonyl (C=O) groups is 3. The minimum Gasteiger partial charge on any atom is -0.352 e. The lowest BCUT2D eigenvalue weighted by molar-refractivity contribution is 0.0923. The molecular weight excluding hydrogens is 390 g/mol. The van der Waals surface area contributed by atoms with E-state index in [2.05, 4.69) is 17.1 Å². The number of likely N-dealkylation sites (tertiary alicyclic amines) is 1. The molecule has 1 fully saturated rings. The van der Waals surface area contributed by atoms with Crippen LogP contribution >= 0.6 is 0 Å². The van der Waals surface area contributed by atoms with Gasteiger partial charge in [0.25, 0.3) is 17.7 Å². The van der Waals surface area contributed by atoms with Crippen LogP contribution < -0.4 is 10.2 Å². The van der Waals surface area contributed by atoms with Crippen LogP contribution in [-0.2, 0) is 0 Å². The van der Waals surface area contributed by atoms with E-state index in [1.165, 1.54) is 30.2 Å². The van der Waals surface area contributed by atoms with E-state index in [4.69, 9.17) is 0 Å². The van der Waals surface area contributed by atoms with Gasteiger partial charge in [0, 0.05) is 24.7 Å². The Kier molecular flexibility index (Phi) is 6.18. The Bertz CT molecular complexity index is 1020. The maximum atomic E-state index is 12.9. The number of fused-ring (bicyclic) bond motifs is 1. The number of hydrogen-bond donors (Lipinski definition) is 1. The molecule has 31 heavy (non-hydrogen) atoms. The molecule has 0 saturated carbocycles. The normalized spacial score (nSPS) is 18.9. The topological polar surface area (TPSA) is 69.7 Å². The minimum atomic E-state index is -0.390. The van der Waals surface area contributed by atoms with Gasteiger partial charge in [-0.1, -0.05) is 18.6 Å². The molecule has 0 aromatic heterocycles. The highest BCUT2D eigenvalue weighted by atomic mass is 16.2. The standard InChI is InChI=1S/C25H29N3O3/c1-17-7-5-9-20(15-17)28-24(30)21-11-10-19(16-22(21)25(28)31)23(29)26-12-6-14-27-13-4-3-8-18(27)2/h5,7,9-11,15-16,18H,3-4,6,8,12-14H2,1-2H3,(H,26,29). The quantitative estimate of drug-likeness (QED) is 0.571. The number of anilines is 1. The fraction of sp³-hybridized carbons (Fsp3) is 0.400. The van der Waals surface area contributed by atoms with Gasteiger partial charge < -0.3 is 10.2 Å². The van der Waals surface area contributed by atoms with Crippen molar-refractivity contribution in [1.82, 2.24) is 10.2 Å². The van der Waals surface area contributed by atoms with Gasteiger partial charge in [-0.25, -0.2) is 4.90 Å². The summed E-state index contributed by atoms with van der Waals surface area (Å²) in [5, 5.41) is 2.95. The highest BCUT2D eigenvalue weighted by Gasteiger charge is 2.37. The molecule has 4 rings (SSSR count). The summed E-state index contributed by atoms with van der Waals surface area (Å²) in [7, 11) is 0. The number of nitrogens with one attached hydrogen (secondary N) is 1. The highest BCUT2D eigenvalue weighted by molar-refractivity contribution is 6.34. The van der Waals surface area contributed by atoms with Crippen molar-refractivity contribution in [2.45, 2.75) is 45.6 Å². The van der Waals surface area contributed by atoms with Gasteiger partial charge >= 0.3 is 0 Å². The van der Waals surface area contributed by atoms with E-state index in [0.29, 0.717) is 29.4 Å². The van der Waals surface area contributed by atoms with Crippen LogP contribution in [0.15, 0.2) is 42.5 Å². The van der Waals surface area contributed by atoms with Crippen LogP contribution in [0.2, 0.25) is 0 Å². The first-order chi connectivity index (χ1) is 15.0. The largest absolute Gasteiger partial charge is 0.352 e. The van der Waals surface area contributed by atoms with Crippen molar-refractivity contribution in [2.75, 3.05) is 24.5 Å². The summed E-state index contributed by atoms with van der Waals surface area (Å²) in [6.45, 7) is 6.87. The SMILES string of the molecule is Cc1cccc(N2C(=O)c3ccc(C(=O)NCCCN4CCCCC4C)cc3C2=O)c1. The van der Waals surface area contributed by atoms with Crippen LogP contribution in [0.4, 0.5) is 5.69 Å². The number of aryl methyl sites for hydroxylation is 1. The minimum absolute atomic E-state index is 0.219. The Morgan fingerprint density at radius 3 is 2.65 bits per heavy atom. The zero-order chi connectivity index (χ0) is 22.0. The Hall–Kier alpha value is -2.99. The lowest BCUT2D eigenvalue weighted by Crippen LogP contribution is -2.39. The summed E-state index contributed by atoms with van der Waals surface area (Å²) in [5.74, 6) is -0.962. The zero-order valence-corrected chi connectivity index (χ0v) is 18.2. The van der Waals surface area contributed by atoms with Gasteiger partial charge in [0.15, 0.2) is 0 Å². The maximum Gasteiger partial charge on any atom is 0.266 e. The Morgan fingerprint density at radius 1 is 1.06 bits per heavy atom. The van der Waals surface area contributed by atoms with Crippen molar-refractivity contribution in [3.8, 4) is 0 Å². The first-order valence-corrected chi connectivity index (χ1v) is 11.1. The van der Waals surface area contributed by atoms with E-state index in [1.54, 1.807) is 24.3 Å². The number of benzene rings is 2. The van der Waals surface area contributed by atoms with Crippen LogP contribution in [0, 0.1) is 6.92 Å². The number of carbonyl (C=O) groups excluding carboxylic acids is 3. The third-order valence-electron chi connectivity index (χ3n) is 6.26. The molecule has 0 bridgehead atoms. The Balaban J connectivity index is 1.39. The number of hydrogen-bond acceptors (Lipinski definition) is 4. The Morgan fingerprint density at radius 2 is 1.87 bits per heavy atom. The maximum absolute atomic E-state index is 12.9. The molecule has 2 aliphatic rings. The van der Waals surface area contributed by atoms with Crippen LogP contribution in [0.3, 0.4) is 0 Å². The zero-order valence-electron chi connectivity index (χ0n) is 18.2. The van der Waals surface area contributed by atoms with Gasteiger partial charge in [-0.15, -0.1) is 0 Å². The van der Waals surface area contributed by atoms with Crippen molar-refractivity contribution in [1.29, 1.82) is 0 Å². The number of piperidine rings is 1. The second-order valence-electron chi connectivity index (χ2n) is 8.54. The van der Waals surface area contributed by atoms with E-state index < -0.39 is 0 Å². The van der Waals surface area contributed by atoms with Crippen LogP contribution in [0.1, 0.15) is 69.2 Å². The second kappa shape index (κ2) is 9.02. The molecule has 1 N–H and O–H groups in total. The van der Waals surface area contributed by atoms with Gasteiger partial charge in [-0.3, -0.25) is 14.4 Å². The summed E-state index contributed by atoms with van der Waals surface area (Å²) in [4.78, 5) is 42.0. The molecule has 2 heterocycles. The predicted octanol–water partition coefficient (Wildman–Crippen LogP) is 3.79. The second-order valence-corrected chi connectivity index (χ2v) is 8.54. The van der Waals surface area contributed by atoms with Crippen molar-refractivity contribution in [2.24, 2.45) is 0 Å². The first kappa shape index (κ1) is 21.2. The molecule has 1 saturated heterocycles. The smallest absolute Gasteiger partial charge is 0.266 e. The average Bonchev–Trinajstić information content (AvgIpc) is 3.02. The molecule has 0 aliphatic carbocycles. The third kappa shape index (κ3) is 4.39. The van der Waals surface area contributed by atoms with E-state index in [-0.39, 0.29) is 23.3 Å². The van der Waals surface area contributed by atoms with E-state index in [1.807, 2.05) is 19.1 Å². The highest BCUT2D eigenvalue weighted by Crippen LogP contribution is 2.29. The van der Waals surface area contributed by atoms with Crippen molar-refractivity contribution in [3.05, 3.63) is 64.7 Å². The van der Waals surface area contributed by atoms with Crippen molar-refractivity contribution >= 4 is 23.4 Å². The molecule has 2 aromatic rings. The van der Waals surface area contributed by atoms with Crippen molar-refractivity contribution in [3.63, 3.8) is 0 Å². The molecule has 1 atom stereocenters. The van der Waals surface area contributed by atoms with Gasteiger partial charge in [0.05, 0.1) is 16.8 Å². The number of amides is 3. The van der Waals surface area contributed by atoms with E-state index in [0.717, 1.165) is 25.1 Å². The Labute approximate surface area is 183 Å². The van der Waals surface area contributed by atoms with Gasteiger partial charge in [0.2, 0.25) is 0 Å².